The van der Waals surface area contributed by atoms with E-state index in [4.69, 9.17) is 5.11 Å². The second-order valence-corrected chi connectivity index (χ2v) is 7.82. The second-order valence-electron chi connectivity index (χ2n) is 7.82. The summed E-state index contributed by atoms with van der Waals surface area (Å²) in [5, 5.41) is 9.15. The molecule has 24 heavy (non-hydrogen) atoms. The van der Waals surface area contributed by atoms with Gasteiger partial charge in [-0.15, -0.1) is 0 Å². The van der Waals surface area contributed by atoms with Crippen LogP contribution in [0, 0.1) is 11.8 Å². The van der Waals surface area contributed by atoms with Crippen molar-refractivity contribution in [2.45, 2.75) is 56.8 Å². The van der Waals surface area contributed by atoms with Crippen molar-refractivity contribution in [3.05, 3.63) is 29.8 Å². The number of rotatable bonds is 2. The molecule has 0 radical (unpaired) electrons. The van der Waals surface area contributed by atoms with Crippen molar-refractivity contribution in [1.82, 2.24) is 0 Å². The van der Waals surface area contributed by atoms with Crippen LogP contribution in [0.5, 0.6) is 0 Å². The maximum absolute atomic E-state index is 13.2. The summed E-state index contributed by atoms with van der Waals surface area (Å²) in [6, 6.07) is 8.40. The zero-order valence-electron chi connectivity index (χ0n) is 14.0. The third-order valence-electron chi connectivity index (χ3n) is 6.48. The number of amides is 1. The van der Waals surface area contributed by atoms with Gasteiger partial charge in [-0.05, 0) is 50.2 Å². The van der Waals surface area contributed by atoms with Crippen LogP contribution in [0.2, 0.25) is 0 Å². The number of benzene rings is 1. The molecular weight excluding hydrogens is 302 g/mol. The molecule has 4 heteroatoms. The first-order chi connectivity index (χ1) is 11.6. The lowest BCUT2D eigenvalue weighted by molar-refractivity contribution is -0.144. The van der Waals surface area contributed by atoms with Crippen molar-refractivity contribution in [3.63, 3.8) is 0 Å². The molecule has 2 saturated carbocycles. The van der Waals surface area contributed by atoms with Gasteiger partial charge in [-0.25, -0.2) is 0 Å². The molecule has 1 N–H and O–H groups in total. The molecule has 1 aliphatic heterocycles. The quantitative estimate of drug-likeness (QED) is 0.900. The van der Waals surface area contributed by atoms with Gasteiger partial charge in [-0.1, -0.05) is 31.0 Å². The first-order valence-electron chi connectivity index (χ1n) is 9.24. The van der Waals surface area contributed by atoms with E-state index in [9.17, 15) is 9.59 Å². The number of carboxylic acid groups (broad SMARTS) is 1. The van der Waals surface area contributed by atoms with Crippen LogP contribution in [0.15, 0.2) is 24.3 Å². The molecule has 1 spiro atoms. The number of nitrogens with zero attached hydrogens (tertiary/aromatic N) is 1. The number of fused-ring (bicyclic) bond motifs is 2. The average molecular weight is 327 g/mol. The van der Waals surface area contributed by atoms with Gasteiger partial charge in [-0.2, -0.15) is 0 Å². The number of hydrogen-bond acceptors (Lipinski definition) is 2. The zero-order valence-corrected chi connectivity index (χ0v) is 14.0. The smallest absolute Gasteiger partial charge is 0.306 e. The maximum atomic E-state index is 13.2. The number of para-hydroxylation sites is 1. The van der Waals surface area contributed by atoms with Crippen LogP contribution in [0.3, 0.4) is 0 Å². The summed E-state index contributed by atoms with van der Waals surface area (Å²) in [6.45, 7) is 0.823. The molecule has 0 atom stereocenters. The van der Waals surface area contributed by atoms with E-state index in [0.29, 0.717) is 25.7 Å². The summed E-state index contributed by atoms with van der Waals surface area (Å²) in [6.07, 6.45) is 7.54. The van der Waals surface area contributed by atoms with Crippen LogP contribution in [0.4, 0.5) is 5.69 Å². The third kappa shape index (κ3) is 2.43. The molecule has 2 aliphatic carbocycles. The highest BCUT2D eigenvalue weighted by atomic mass is 16.4. The molecule has 1 heterocycles. The van der Waals surface area contributed by atoms with Crippen LogP contribution in [-0.2, 0) is 15.0 Å². The molecule has 2 fully saturated rings. The van der Waals surface area contributed by atoms with Crippen LogP contribution < -0.4 is 4.90 Å². The standard InChI is InChI=1S/C20H25NO3/c22-18(14-7-9-15(10-8-14)19(23)24)21-13-20(11-3-4-12-20)16-5-1-2-6-17(16)21/h1-2,5-6,14-15H,3-4,7-13H2,(H,23,24). The van der Waals surface area contributed by atoms with E-state index in [-0.39, 0.29) is 23.2 Å². The minimum absolute atomic E-state index is 0.00907. The van der Waals surface area contributed by atoms with Gasteiger partial charge in [0.1, 0.15) is 0 Å². The average Bonchev–Trinajstić information content (AvgIpc) is 3.21. The molecule has 1 amide bonds. The molecule has 0 aromatic heterocycles. The number of carbonyl (C=O) groups excluding carboxylic acids is 1. The molecule has 0 unspecified atom stereocenters. The van der Waals surface area contributed by atoms with E-state index in [1.807, 2.05) is 11.0 Å². The van der Waals surface area contributed by atoms with E-state index in [1.165, 1.54) is 31.2 Å². The topological polar surface area (TPSA) is 57.6 Å². The van der Waals surface area contributed by atoms with Gasteiger partial charge < -0.3 is 10.0 Å². The fraction of sp³-hybridized carbons (Fsp3) is 0.600. The number of carboxylic acids is 1. The lowest BCUT2D eigenvalue weighted by Crippen LogP contribution is -2.40. The first kappa shape index (κ1) is 15.7. The molecular formula is C20H25NO3. The van der Waals surface area contributed by atoms with Crippen LogP contribution in [0.25, 0.3) is 0 Å². The van der Waals surface area contributed by atoms with Gasteiger partial charge in [0, 0.05) is 23.6 Å². The summed E-state index contributed by atoms with van der Waals surface area (Å²) in [5.74, 6) is -0.765. The Hall–Kier alpha value is -1.84. The molecule has 0 saturated heterocycles. The first-order valence-corrected chi connectivity index (χ1v) is 9.24. The fourth-order valence-electron chi connectivity index (χ4n) is 5.11. The van der Waals surface area contributed by atoms with Crippen LogP contribution in [-0.4, -0.2) is 23.5 Å². The van der Waals surface area contributed by atoms with Gasteiger partial charge in [0.2, 0.25) is 5.91 Å². The summed E-state index contributed by atoms with van der Waals surface area (Å²) in [4.78, 5) is 26.3. The van der Waals surface area contributed by atoms with Gasteiger partial charge in [0.25, 0.3) is 0 Å². The lowest BCUT2D eigenvalue weighted by atomic mass is 9.80. The molecule has 3 aliphatic rings. The summed E-state index contributed by atoms with van der Waals surface area (Å²) in [5.41, 5.74) is 2.63. The Morgan fingerprint density at radius 1 is 1.00 bits per heavy atom. The van der Waals surface area contributed by atoms with Crippen molar-refractivity contribution in [2.24, 2.45) is 11.8 Å². The molecule has 1 aromatic rings. The number of aliphatic carboxylic acids is 1. The second kappa shape index (κ2) is 5.91. The molecule has 4 nitrogen and oxygen atoms in total. The minimum atomic E-state index is -0.711. The van der Waals surface area contributed by atoms with Crippen molar-refractivity contribution in [2.75, 3.05) is 11.4 Å². The lowest BCUT2D eigenvalue weighted by Gasteiger charge is -2.30. The third-order valence-corrected chi connectivity index (χ3v) is 6.48. The Morgan fingerprint density at radius 2 is 1.62 bits per heavy atom. The number of carbonyl (C=O) groups is 2. The zero-order chi connectivity index (χ0) is 16.7. The van der Waals surface area contributed by atoms with Gasteiger partial charge >= 0.3 is 5.97 Å². The number of anilines is 1. The largest absolute Gasteiger partial charge is 0.481 e. The van der Waals surface area contributed by atoms with Gasteiger partial charge in [0.05, 0.1) is 5.92 Å². The minimum Gasteiger partial charge on any atom is -0.481 e. The van der Waals surface area contributed by atoms with E-state index >= 15 is 0 Å². The van der Waals surface area contributed by atoms with E-state index < -0.39 is 5.97 Å². The summed E-state index contributed by atoms with van der Waals surface area (Å²) < 4.78 is 0. The Labute approximate surface area is 142 Å². The maximum Gasteiger partial charge on any atom is 0.306 e. The SMILES string of the molecule is O=C(O)C1CCC(C(=O)N2CC3(CCCC3)c3ccccc32)CC1. The molecule has 4 rings (SSSR count). The monoisotopic (exact) mass is 327 g/mol. The van der Waals surface area contributed by atoms with Crippen molar-refractivity contribution < 1.29 is 14.7 Å². The Balaban J connectivity index is 1.55. The highest BCUT2D eigenvalue weighted by molar-refractivity contribution is 5.98. The van der Waals surface area contributed by atoms with Crippen LogP contribution in [0.1, 0.15) is 56.9 Å². The Morgan fingerprint density at radius 3 is 2.29 bits per heavy atom. The highest BCUT2D eigenvalue weighted by Gasteiger charge is 2.47. The predicted molar refractivity (Wildman–Crippen MR) is 92.0 cm³/mol. The van der Waals surface area contributed by atoms with Crippen LogP contribution >= 0.6 is 0 Å². The summed E-state index contributed by atoms with van der Waals surface area (Å²) in [7, 11) is 0. The molecule has 0 bridgehead atoms. The Bertz CT molecular complexity index is 655. The van der Waals surface area contributed by atoms with Crippen molar-refractivity contribution >= 4 is 17.6 Å². The van der Waals surface area contributed by atoms with Gasteiger partial charge in [-0.3, -0.25) is 9.59 Å². The van der Waals surface area contributed by atoms with E-state index in [1.54, 1.807) is 0 Å². The fourth-order valence-corrected chi connectivity index (χ4v) is 5.11. The van der Waals surface area contributed by atoms with E-state index in [2.05, 4.69) is 18.2 Å². The molecule has 1 aromatic carbocycles. The van der Waals surface area contributed by atoms with Gasteiger partial charge in [0.15, 0.2) is 0 Å². The highest BCUT2D eigenvalue weighted by Crippen LogP contribution is 2.51. The number of hydrogen-bond donors (Lipinski definition) is 1. The van der Waals surface area contributed by atoms with Crippen molar-refractivity contribution in [3.8, 4) is 0 Å². The normalized spacial score (nSPS) is 28.1. The predicted octanol–water partition coefficient (Wildman–Crippen LogP) is 3.74. The Kier molecular flexibility index (Phi) is 3.86. The summed E-state index contributed by atoms with van der Waals surface area (Å²) >= 11 is 0. The molecule has 128 valence electrons. The van der Waals surface area contributed by atoms with Crippen molar-refractivity contribution in [1.29, 1.82) is 0 Å². The van der Waals surface area contributed by atoms with E-state index in [0.717, 1.165) is 12.2 Å².